The first-order valence-corrected chi connectivity index (χ1v) is 8.71. The van der Waals surface area contributed by atoms with Gasteiger partial charge in [0.2, 0.25) is 6.79 Å². The van der Waals surface area contributed by atoms with Crippen LogP contribution in [0.5, 0.6) is 17.2 Å². The van der Waals surface area contributed by atoms with Crippen molar-refractivity contribution in [1.82, 2.24) is 5.32 Å². The molecule has 0 saturated heterocycles. The van der Waals surface area contributed by atoms with Crippen LogP contribution in [0.2, 0.25) is 5.02 Å². The maximum Gasteiger partial charge on any atom is 0.303 e. The number of hydrogen-bond donors (Lipinski definition) is 2. The zero-order chi connectivity index (χ0) is 19.2. The number of carboxylic acids is 1. The van der Waals surface area contributed by atoms with Gasteiger partial charge in [-0.1, -0.05) is 23.7 Å². The molecule has 0 unspecified atom stereocenters. The molecule has 1 heterocycles. The summed E-state index contributed by atoms with van der Waals surface area (Å²) in [7, 11) is 0. The Morgan fingerprint density at radius 1 is 1.19 bits per heavy atom. The molecule has 0 saturated carbocycles. The van der Waals surface area contributed by atoms with Gasteiger partial charge >= 0.3 is 5.97 Å². The van der Waals surface area contributed by atoms with E-state index < -0.39 is 5.97 Å². The van der Waals surface area contributed by atoms with Crippen molar-refractivity contribution in [2.24, 2.45) is 0 Å². The lowest BCUT2D eigenvalue weighted by molar-refractivity contribution is -0.137. The number of carboxylic acid groups (broad SMARTS) is 1. The van der Waals surface area contributed by atoms with Crippen LogP contribution in [0.3, 0.4) is 0 Å². The molecule has 7 nitrogen and oxygen atoms in total. The smallest absolute Gasteiger partial charge is 0.303 e. The quantitative estimate of drug-likeness (QED) is 0.671. The highest BCUT2D eigenvalue weighted by Gasteiger charge is 2.20. The Labute approximate surface area is 160 Å². The van der Waals surface area contributed by atoms with E-state index in [2.05, 4.69) is 5.32 Å². The van der Waals surface area contributed by atoms with Crippen LogP contribution in [-0.4, -0.2) is 30.4 Å². The Morgan fingerprint density at radius 3 is 2.70 bits per heavy atom. The highest BCUT2D eigenvalue weighted by Crippen LogP contribution is 2.39. The number of hydrogen-bond acceptors (Lipinski definition) is 5. The van der Waals surface area contributed by atoms with E-state index in [-0.39, 0.29) is 19.1 Å². The number of benzene rings is 2. The van der Waals surface area contributed by atoms with Gasteiger partial charge in [0.1, 0.15) is 5.75 Å². The van der Waals surface area contributed by atoms with Crippen molar-refractivity contribution in [2.45, 2.75) is 19.4 Å². The van der Waals surface area contributed by atoms with Crippen molar-refractivity contribution in [3.63, 3.8) is 0 Å². The van der Waals surface area contributed by atoms with Crippen molar-refractivity contribution in [2.75, 3.05) is 13.4 Å². The molecule has 2 aromatic rings. The first-order chi connectivity index (χ1) is 13.0. The predicted molar refractivity (Wildman–Crippen MR) is 97.6 cm³/mol. The zero-order valence-corrected chi connectivity index (χ0v) is 15.1. The van der Waals surface area contributed by atoms with Gasteiger partial charge in [-0.3, -0.25) is 9.59 Å². The molecular weight excluding hydrogens is 374 g/mol. The molecule has 0 aromatic heterocycles. The van der Waals surface area contributed by atoms with Crippen LogP contribution in [-0.2, 0) is 11.3 Å². The molecule has 0 fully saturated rings. The van der Waals surface area contributed by atoms with E-state index in [9.17, 15) is 9.59 Å². The minimum absolute atomic E-state index is 0.0774. The lowest BCUT2D eigenvalue weighted by Gasteiger charge is -2.09. The number of fused-ring (bicyclic) bond motifs is 1. The van der Waals surface area contributed by atoms with Crippen LogP contribution in [0.15, 0.2) is 36.4 Å². The summed E-state index contributed by atoms with van der Waals surface area (Å²) in [6.07, 6.45) is 0.527. The Kier molecular flexibility index (Phi) is 6.03. The van der Waals surface area contributed by atoms with Crippen LogP contribution < -0.4 is 19.5 Å². The SMILES string of the molecule is O=C(O)CCCOc1ccc(CNC(=O)c2cc(Cl)c3c(c2)OCO3)cc1. The second kappa shape index (κ2) is 8.64. The van der Waals surface area contributed by atoms with E-state index in [0.717, 1.165) is 5.56 Å². The number of halogens is 1. The summed E-state index contributed by atoms with van der Waals surface area (Å²) in [6.45, 7) is 0.766. The van der Waals surface area contributed by atoms with Crippen LogP contribution in [0.1, 0.15) is 28.8 Å². The minimum atomic E-state index is -0.839. The van der Waals surface area contributed by atoms with E-state index in [1.807, 2.05) is 12.1 Å². The average molecular weight is 392 g/mol. The molecule has 1 aliphatic rings. The number of rotatable bonds is 8. The number of carbonyl (C=O) groups excluding carboxylic acids is 1. The second-order valence-electron chi connectivity index (χ2n) is 5.86. The fourth-order valence-electron chi connectivity index (χ4n) is 2.50. The summed E-state index contributed by atoms with van der Waals surface area (Å²) in [6, 6.07) is 10.4. The molecule has 0 aliphatic carbocycles. The maximum absolute atomic E-state index is 12.3. The van der Waals surface area contributed by atoms with Gasteiger partial charge in [-0.15, -0.1) is 0 Å². The molecule has 1 amide bonds. The summed E-state index contributed by atoms with van der Waals surface area (Å²) in [5.74, 6) is 0.444. The van der Waals surface area contributed by atoms with Crippen LogP contribution in [0.4, 0.5) is 0 Å². The standard InChI is InChI=1S/C19H18ClNO6/c20-15-8-13(9-16-18(15)27-11-26-16)19(24)21-10-12-3-5-14(6-4-12)25-7-1-2-17(22)23/h3-6,8-9H,1-2,7,10-11H2,(H,21,24)(H,22,23). The molecule has 2 N–H and O–H groups in total. The monoisotopic (exact) mass is 391 g/mol. The zero-order valence-electron chi connectivity index (χ0n) is 14.4. The van der Waals surface area contributed by atoms with Crippen molar-refractivity contribution in [3.05, 3.63) is 52.5 Å². The number of aliphatic carboxylic acids is 1. The molecule has 0 spiro atoms. The lowest BCUT2D eigenvalue weighted by atomic mass is 10.1. The molecular formula is C19H18ClNO6. The van der Waals surface area contributed by atoms with E-state index in [1.54, 1.807) is 24.3 Å². The Morgan fingerprint density at radius 2 is 1.96 bits per heavy atom. The highest BCUT2D eigenvalue weighted by molar-refractivity contribution is 6.32. The fraction of sp³-hybridized carbons (Fsp3) is 0.263. The molecule has 3 rings (SSSR count). The van der Waals surface area contributed by atoms with Gasteiger partial charge in [-0.05, 0) is 36.2 Å². The topological polar surface area (TPSA) is 94.1 Å². The summed E-state index contributed by atoms with van der Waals surface area (Å²) in [4.78, 5) is 22.8. The largest absolute Gasteiger partial charge is 0.494 e. The Balaban J connectivity index is 1.50. The fourth-order valence-corrected chi connectivity index (χ4v) is 2.77. The summed E-state index contributed by atoms with van der Waals surface area (Å²) in [5, 5.41) is 11.7. The second-order valence-corrected chi connectivity index (χ2v) is 6.27. The third kappa shape index (κ3) is 5.04. The molecule has 142 valence electrons. The number of nitrogens with one attached hydrogen (secondary N) is 1. The summed E-state index contributed by atoms with van der Waals surface area (Å²) in [5.41, 5.74) is 1.29. The Hall–Kier alpha value is -2.93. The number of amides is 1. The van der Waals surface area contributed by atoms with Crippen molar-refractivity contribution in [1.29, 1.82) is 0 Å². The van der Waals surface area contributed by atoms with Gasteiger partial charge < -0.3 is 24.6 Å². The number of carbonyl (C=O) groups is 2. The summed E-state index contributed by atoms with van der Waals surface area (Å²) < 4.78 is 16.0. The van der Waals surface area contributed by atoms with E-state index in [1.165, 1.54) is 0 Å². The maximum atomic E-state index is 12.3. The first-order valence-electron chi connectivity index (χ1n) is 8.34. The molecule has 8 heteroatoms. The van der Waals surface area contributed by atoms with Crippen LogP contribution >= 0.6 is 11.6 Å². The van der Waals surface area contributed by atoms with Gasteiger partial charge in [-0.2, -0.15) is 0 Å². The van der Waals surface area contributed by atoms with Crippen LogP contribution in [0.25, 0.3) is 0 Å². The molecule has 0 bridgehead atoms. The van der Waals surface area contributed by atoms with E-state index in [0.29, 0.717) is 47.4 Å². The van der Waals surface area contributed by atoms with Gasteiger partial charge in [-0.25, -0.2) is 0 Å². The van der Waals surface area contributed by atoms with Gasteiger partial charge in [0.15, 0.2) is 11.5 Å². The third-order valence-corrected chi connectivity index (χ3v) is 4.15. The summed E-state index contributed by atoms with van der Waals surface area (Å²) >= 11 is 6.09. The average Bonchev–Trinajstić information content (AvgIpc) is 3.13. The normalized spacial score (nSPS) is 11.9. The van der Waals surface area contributed by atoms with E-state index >= 15 is 0 Å². The molecule has 0 radical (unpaired) electrons. The lowest BCUT2D eigenvalue weighted by Crippen LogP contribution is -2.22. The highest BCUT2D eigenvalue weighted by atomic mass is 35.5. The van der Waals surface area contributed by atoms with Gasteiger partial charge in [0, 0.05) is 18.5 Å². The molecule has 27 heavy (non-hydrogen) atoms. The van der Waals surface area contributed by atoms with Crippen LogP contribution in [0, 0.1) is 0 Å². The van der Waals surface area contributed by atoms with E-state index in [4.69, 9.17) is 30.9 Å². The predicted octanol–water partition coefficient (Wildman–Crippen LogP) is 3.24. The Bertz CT molecular complexity index is 837. The third-order valence-electron chi connectivity index (χ3n) is 3.87. The molecule has 1 aliphatic heterocycles. The minimum Gasteiger partial charge on any atom is -0.494 e. The van der Waals surface area contributed by atoms with Crippen molar-refractivity contribution in [3.8, 4) is 17.2 Å². The first kappa shape index (κ1) is 18.8. The number of ether oxygens (including phenoxy) is 3. The molecule has 0 atom stereocenters. The van der Waals surface area contributed by atoms with Crippen molar-refractivity contribution >= 4 is 23.5 Å². The van der Waals surface area contributed by atoms with Crippen molar-refractivity contribution < 1.29 is 28.9 Å². The van der Waals surface area contributed by atoms with Gasteiger partial charge in [0.25, 0.3) is 5.91 Å². The van der Waals surface area contributed by atoms with Gasteiger partial charge in [0.05, 0.1) is 11.6 Å². The molecule has 2 aromatic carbocycles.